The van der Waals surface area contributed by atoms with Crippen molar-refractivity contribution in [1.29, 1.82) is 0 Å². The van der Waals surface area contributed by atoms with Crippen LogP contribution in [0.2, 0.25) is 5.02 Å². The van der Waals surface area contributed by atoms with Crippen LogP contribution < -0.4 is 15.4 Å². The molecule has 13 nitrogen and oxygen atoms in total. The van der Waals surface area contributed by atoms with Crippen LogP contribution in [0.5, 0.6) is 5.88 Å². The second-order valence-corrected chi connectivity index (χ2v) is 11.4. The van der Waals surface area contributed by atoms with Crippen LogP contribution in [0.4, 0.5) is 18.0 Å². The molecule has 254 valence electrons. The normalized spacial score (nSPS) is 18.1. The number of amides is 4. The van der Waals surface area contributed by atoms with E-state index in [0.29, 0.717) is 17.5 Å². The largest absolute Gasteiger partial charge is 0.469 e. The number of rotatable bonds is 10. The summed E-state index contributed by atoms with van der Waals surface area (Å²) in [6.07, 6.45) is -5.20. The number of hydrogen-bond acceptors (Lipinski definition) is 8. The van der Waals surface area contributed by atoms with E-state index in [1.807, 2.05) is 6.07 Å². The SMILES string of the molecule is O=C(CNC(=O)[C@@H]1CCCN2C(=O)CC[C@H](NC(=O)OCc3ccccc3)C(=O)N12)COc1cc(C(F)(F)F)nn1-c1ccc(Cl)cc1. The summed E-state index contributed by atoms with van der Waals surface area (Å²) >= 11 is 5.87. The molecule has 3 heterocycles. The smallest absolute Gasteiger partial charge is 0.435 e. The Morgan fingerprint density at radius 2 is 1.75 bits per heavy atom. The molecule has 2 N–H and O–H groups in total. The number of hydrogen-bond donors (Lipinski definition) is 2. The Morgan fingerprint density at radius 3 is 2.46 bits per heavy atom. The standard InChI is InChI=1S/C31H30ClF3N6O7/c32-20-8-10-21(11-9-20)40-27(15-25(38-40)31(33,34)35)47-18-22(42)16-36-28(44)24-7-4-14-39-26(43)13-12-23(29(45)41(24)39)37-30(46)48-17-19-5-2-1-3-6-19/h1-3,5-6,8-11,15,23-24H,4,7,12-14,16-18H2,(H,36,44)(H,37,46)/t23-,24-/m0/s1. The minimum atomic E-state index is -4.79. The van der Waals surface area contributed by atoms with Crippen LogP contribution in [0, 0.1) is 0 Å². The summed E-state index contributed by atoms with van der Waals surface area (Å²) in [6.45, 7) is -1.17. The van der Waals surface area contributed by atoms with E-state index < -0.39 is 66.7 Å². The second kappa shape index (κ2) is 14.8. The Labute approximate surface area is 276 Å². The first-order valence-corrected chi connectivity index (χ1v) is 15.2. The molecule has 0 unspecified atom stereocenters. The lowest BCUT2D eigenvalue weighted by Crippen LogP contribution is -2.63. The van der Waals surface area contributed by atoms with Gasteiger partial charge in [-0.25, -0.2) is 14.5 Å². The zero-order valence-electron chi connectivity index (χ0n) is 25.2. The number of nitrogens with one attached hydrogen (secondary N) is 2. The minimum absolute atomic E-state index is 0.0159. The molecule has 2 aliphatic rings. The molecule has 0 saturated carbocycles. The number of benzene rings is 2. The van der Waals surface area contributed by atoms with Gasteiger partial charge in [0.05, 0.1) is 12.2 Å². The number of ether oxygens (including phenoxy) is 2. The summed E-state index contributed by atoms with van der Waals surface area (Å²) < 4.78 is 51.6. The average Bonchev–Trinajstić information content (AvgIpc) is 3.47. The lowest BCUT2D eigenvalue weighted by atomic mass is 10.1. The number of halogens is 4. The molecule has 17 heteroatoms. The van der Waals surface area contributed by atoms with Gasteiger partial charge in [-0.05, 0) is 49.1 Å². The van der Waals surface area contributed by atoms with Gasteiger partial charge in [-0.1, -0.05) is 41.9 Å². The number of alkyl carbamates (subject to hydrolysis) is 1. The van der Waals surface area contributed by atoms with Crippen LogP contribution in [0.15, 0.2) is 60.7 Å². The molecule has 2 atom stereocenters. The fourth-order valence-electron chi connectivity index (χ4n) is 5.19. The van der Waals surface area contributed by atoms with Crippen molar-refractivity contribution in [3.63, 3.8) is 0 Å². The number of alkyl halides is 3. The number of Topliss-reactive ketones (excluding diaryl/α,β-unsaturated/α-hetero) is 1. The van der Waals surface area contributed by atoms with Gasteiger partial charge in [-0.2, -0.15) is 18.3 Å². The first-order valence-electron chi connectivity index (χ1n) is 14.9. The molecule has 0 bridgehead atoms. The number of nitrogens with zero attached hydrogens (tertiary/aromatic N) is 4. The molecule has 5 rings (SSSR count). The van der Waals surface area contributed by atoms with Gasteiger partial charge in [0.1, 0.15) is 18.7 Å². The van der Waals surface area contributed by atoms with Crippen molar-refractivity contribution in [2.75, 3.05) is 19.7 Å². The Bertz CT molecular complexity index is 1670. The van der Waals surface area contributed by atoms with Gasteiger partial charge >= 0.3 is 12.3 Å². The van der Waals surface area contributed by atoms with Crippen LogP contribution in [0.25, 0.3) is 5.69 Å². The van der Waals surface area contributed by atoms with Crippen molar-refractivity contribution < 1.29 is 46.6 Å². The van der Waals surface area contributed by atoms with Crippen molar-refractivity contribution in [2.45, 2.75) is 50.6 Å². The first-order chi connectivity index (χ1) is 22.9. The number of carbonyl (C=O) groups is 5. The van der Waals surface area contributed by atoms with Crippen LogP contribution in [-0.4, -0.2) is 81.2 Å². The van der Waals surface area contributed by atoms with Gasteiger partial charge in [0.25, 0.3) is 5.91 Å². The monoisotopic (exact) mass is 690 g/mol. The summed E-state index contributed by atoms with van der Waals surface area (Å²) in [7, 11) is 0. The van der Waals surface area contributed by atoms with Gasteiger partial charge in [0.2, 0.25) is 17.7 Å². The fourth-order valence-corrected chi connectivity index (χ4v) is 5.32. The molecule has 3 aromatic rings. The van der Waals surface area contributed by atoms with E-state index in [-0.39, 0.29) is 44.0 Å². The fraction of sp³-hybridized carbons (Fsp3) is 0.355. The van der Waals surface area contributed by atoms with Crippen LogP contribution in [0.1, 0.15) is 36.9 Å². The third kappa shape index (κ3) is 8.23. The van der Waals surface area contributed by atoms with Crippen LogP contribution >= 0.6 is 11.6 Å². The Kier molecular flexibility index (Phi) is 10.5. The van der Waals surface area contributed by atoms with E-state index >= 15 is 0 Å². The molecule has 2 aromatic carbocycles. The van der Waals surface area contributed by atoms with Gasteiger partial charge in [-0.3, -0.25) is 24.2 Å². The Balaban J connectivity index is 1.20. The van der Waals surface area contributed by atoms with Crippen LogP contribution in [0.3, 0.4) is 0 Å². The number of aromatic nitrogens is 2. The summed E-state index contributed by atoms with van der Waals surface area (Å²) in [5.74, 6) is -2.92. The summed E-state index contributed by atoms with van der Waals surface area (Å²) in [5, 5.41) is 11.0. The summed E-state index contributed by atoms with van der Waals surface area (Å²) in [6, 6.07) is 12.9. The van der Waals surface area contributed by atoms with E-state index in [1.165, 1.54) is 29.3 Å². The van der Waals surface area contributed by atoms with Crippen molar-refractivity contribution in [3.8, 4) is 11.6 Å². The minimum Gasteiger partial charge on any atom is -0.469 e. The quantitative estimate of drug-likeness (QED) is 0.328. The Hall–Kier alpha value is -5.12. The molecule has 2 aliphatic heterocycles. The third-order valence-corrected chi connectivity index (χ3v) is 7.80. The molecule has 2 fully saturated rings. The topological polar surface area (TPSA) is 152 Å². The third-order valence-electron chi connectivity index (χ3n) is 7.55. The highest BCUT2D eigenvalue weighted by Gasteiger charge is 2.44. The second-order valence-electron chi connectivity index (χ2n) is 11.0. The van der Waals surface area contributed by atoms with E-state index in [9.17, 15) is 37.1 Å². The molecule has 4 amide bonds. The molecular formula is C31H30ClF3N6O7. The van der Waals surface area contributed by atoms with Crippen molar-refractivity contribution in [1.82, 2.24) is 30.4 Å². The average molecular weight is 691 g/mol. The van der Waals surface area contributed by atoms with Crippen molar-refractivity contribution in [3.05, 3.63) is 76.9 Å². The predicted molar refractivity (Wildman–Crippen MR) is 161 cm³/mol. The molecule has 0 spiro atoms. The maximum Gasteiger partial charge on any atom is 0.435 e. The summed E-state index contributed by atoms with van der Waals surface area (Å²) in [4.78, 5) is 64.9. The number of hydrazine groups is 1. The summed E-state index contributed by atoms with van der Waals surface area (Å²) in [5.41, 5.74) is -0.322. The molecule has 0 aliphatic carbocycles. The molecule has 48 heavy (non-hydrogen) atoms. The molecular weight excluding hydrogens is 661 g/mol. The number of ketones is 1. The van der Waals surface area contributed by atoms with E-state index in [0.717, 1.165) is 15.3 Å². The molecule has 1 aromatic heterocycles. The predicted octanol–water partition coefficient (Wildman–Crippen LogP) is 3.43. The maximum absolute atomic E-state index is 13.6. The van der Waals surface area contributed by atoms with E-state index in [4.69, 9.17) is 21.1 Å². The number of carbonyl (C=O) groups excluding carboxylic acids is 5. The Morgan fingerprint density at radius 1 is 1.02 bits per heavy atom. The van der Waals surface area contributed by atoms with E-state index in [2.05, 4.69) is 15.7 Å². The first kappa shape index (κ1) is 34.2. The van der Waals surface area contributed by atoms with Gasteiger partial charge in [0, 0.05) is 24.1 Å². The maximum atomic E-state index is 13.6. The molecule has 2 saturated heterocycles. The highest BCUT2D eigenvalue weighted by molar-refractivity contribution is 6.30. The zero-order chi connectivity index (χ0) is 34.4. The van der Waals surface area contributed by atoms with Crippen molar-refractivity contribution >= 4 is 41.2 Å². The highest BCUT2D eigenvalue weighted by atomic mass is 35.5. The lowest BCUT2D eigenvalue weighted by molar-refractivity contribution is -0.176. The molecule has 0 radical (unpaired) electrons. The van der Waals surface area contributed by atoms with Gasteiger partial charge in [-0.15, -0.1) is 0 Å². The van der Waals surface area contributed by atoms with Crippen LogP contribution in [-0.2, 0) is 36.7 Å². The lowest BCUT2D eigenvalue weighted by Gasteiger charge is -2.42. The number of fused-ring (bicyclic) bond motifs is 1. The highest BCUT2D eigenvalue weighted by Crippen LogP contribution is 2.32. The zero-order valence-corrected chi connectivity index (χ0v) is 26.0. The van der Waals surface area contributed by atoms with Gasteiger partial charge < -0.3 is 20.1 Å². The van der Waals surface area contributed by atoms with Gasteiger partial charge in [0.15, 0.2) is 18.1 Å². The van der Waals surface area contributed by atoms with E-state index in [1.54, 1.807) is 24.3 Å². The van der Waals surface area contributed by atoms with Crippen molar-refractivity contribution in [2.24, 2.45) is 0 Å².